The van der Waals surface area contributed by atoms with Crippen molar-refractivity contribution in [2.75, 3.05) is 11.4 Å². The highest BCUT2D eigenvalue weighted by molar-refractivity contribution is 7.12. The van der Waals surface area contributed by atoms with E-state index in [1.807, 2.05) is 76.2 Å². The van der Waals surface area contributed by atoms with Crippen LogP contribution in [0, 0.1) is 6.92 Å². The molecular formula is C26H29N3O3S. The van der Waals surface area contributed by atoms with Crippen LogP contribution in [0.25, 0.3) is 0 Å². The molecule has 0 aliphatic heterocycles. The molecule has 0 spiro atoms. The summed E-state index contributed by atoms with van der Waals surface area (Å²) in [7, 11) is 0. The molecule has 2 N–H and O–H groups in total. The highest BCUT2D eigenvalue weighted by Gasteiger charge is 2.34. The topological polar surface area (TPSA) is 78.5 Å². The summed E-state index contributed by atoms with van der Waals surface area (Å²) in [6.45, 7) is 7.38. The van der Waals surface area contributed by atoms with Gasteiger partial charge in [0.25, 0.3) is 5.91 Å². The Labute approximate surface area is 198 Å². The number of hydrogen-bond acceptors (Lipinski definition) is 4. The molecule has 0 fully saturated rings. The van der Waals surface area contributed by atoms with Crippen LogP contribution in [0.15, 0.2) is 72.1 Å². The average Bonchev–Trinajstić information content (AvgIpc) is 3.30. The molecule has 2 aromatic carbocycles. The normalized spacial score (nSPS) is 12.0. The smallest absolute Gasteiger partial charge is 0.261 e. The Morgan fingerprint density at radius 3 is 2.30 bits per heavy atom. The van der Waals surface area contributed by atoms with Gasteiger partial charge in [-0.15, -0.1) is 11.3 Å². The number of carbonyl (C=O) groups excluding carboxylic acids is 3. The first-order valence-corrected chi connectivity index (χ1v) is 11.6. The third-order valence-electron chi connectivity index (χ3n) is 4.81. The van der Waals surface area contributed by atoms with E-state index in [2.05, 4.69) is 10.6 Å². The SMILES string of the molecule is Cc1cccc(N(C(=O)CNC(=O)c2cccs2)[C@H](C(=O)NC(C)(C)C)c2ccccc2)c1. The number of rotatable bonds is 7. The summed E-state index contributed by atoms with van der Waals surface area (Å²) in [5.74, 6) is -1.01. The Morgan fingerprint density at radius 1 is 0.970 bits per heavy atom. The van der Waals surface area contributed by atoms with E-state index in [1.54, 1.807) is 23.6 Å². The maximum Gasteiger partial charge on any atom is 0.261 e. The van der Waals surface area contributed by atoms with Gasteiger partial charge in [0.15, 0.2) is 0 Å². The molecule has 0 saturated carbocycles. The molecule has 1 heterocycles. The molecule has 0 aliphatic rings. The number of aryl methyl sites for hydroxylation is 1. The van der Waals surface area contributed by atoms with Crippen molar-refractivity contribution in [2.45, 2.75) is 39.3 Å². The van der Waals surface area contributed by atoms with Gasteiger partial charge in [-0.2, -0.15) is 0 Å². The van der Waals surface area contributed by atoms with Crippen molar-refractivity contribution in [3.05, 3.63) is 88.1 Å². The molecule has 3 amide bonds. The molecule has 6 nitrogen and oxygen atoms in total. The number of anilines is 1. The quantitative estimate of drug-likeness (QED) is 0.542. The molecule has 0 saturated heterocycles. The van der Waals surface area contributed by atoms with E-state index >= 15 is 0 Å². The zero-order valence-corrected chi connectivity index (χ0v) is 20.1. The fourth-order valence-corrected chi connectivity index (χ4v) is 4.08. The highest BCUT2D eigenvalue weighted by Crippen LogP contribution is 2.29. The molecule has 172 valence electrons. The van der Waals surface area contributed by atoms with Gasteiger partial charge in [-0.3, -0.25) is 19.3 Å². The molecule has 0 bridgehead atoms. The molecule has 33 heavy (non-hydrogen) atoms. The van der Waals surface area contributed by atoms with Crippen molar-refractivity contribution < 1.29 is 14.4 Å². The van der Waals surface area contributed by atoms with Crippen molar-refractivity contribution in [3.8, 4) is 0 Å². The van der Waals surface area contributed by atoms with Gasteiger partial charge in [-0.1, -0.05) is 48.5 Å². The van der Waals surface area contributed by atoms with Gasteiger partial charge in [0.1, 0.15) is 6.04 Å². The van der Waals surface area contributed by atoms with Crippen LogP contribution in [0.1, 0.15) is 47.6 Å². The van der Waals surface area contributed by atoms with E-state index in [0.717, 1.165) is 5.56 Å². The second-order valence-corrected chi connectivity index (χ2v) is 9.76. The minimum atomic E-state index is -0.904. The predicted octanol–water partition coefficient (Wildman–Crippen LogP) is 4.48. The lowest BCUT2D eigenvalue weighted by Gasteiger charge is -2.34. The molecule has 3 rings (SSSR count). The summed E-state index contributed by atoms with van der Waals surface area (Å²) in [5, 5.41) is 7.50. The lowest BCUT2D eigenvalue weighted by molar-refractivity contribution is -0.127. The summed E-state index contributed by atoms with van der Waals surface area (Å²) < 4.78 is 0. The van der Waals surface area contributed by atoms with Gasteiger partial charge in [0, 0.05) is 11.2 Å². The number of benzene rings is 2. The molecule has 0 aliphatic carbocycles. The third kappa shape index (κ3) is 6.52. The first-order valence-electron chi connectivity index (χ1n) is 10.7. The maximum atomic E-state index is 13.5. The van der Waals surface area contributed by atoms with Crippen molar-refractivity contribution in [3.63, 3.8) is 0 Å². The van der Waals surface area contributed by atoms with Gasteiger partial charge in [0.05, 0.1) is 11.4 Å². The molecule has 1 atom stereocenters. The number of amides is 3. The van der Waals surface area contributed by atoms with Crippen molar-refractivity contribution >= 4 is 34.7 Å². The van der Waals surface area contributed by atoms with Crippen molar-refractivity contribution in [2.24, 2.45) is 0 Å². The third-order valence-corrected chi connectivity index (χ3v) is 5.68. The Bertz CT molecular complexity index is 1110. The fraction of sp³-hybridized carbons (Fsp3) is 0.269. The van der Waals surface area contributed by atoms with Gasteiger partial charge in [0.2, 0.25) is 11.8 Å². The standard InChI is InChI=1S/C26H29N3O3S/c1-18-10-8-13-20(16-18)29(22(30)17-27-24(31)21-14-9-15-33-21)23(19-11-6-5-7-12-19)25(32)28-26(2,3)4/h5-16,23H,17H2,1-4H3,(H,27,31)(H,28,32)/t23-/m0/s1. The zero-order chi connectivity index (χ0) is 24.0. The van der Waals surface area contributed by atoms with Gasteiger partial charge in [-0.05, 0) is 62.4 Å². The zero-order valence-electron chi connectivity index (χ0n) is 19.3. The van der Waals surface area contributed by atoms with Crippen LogP contribution in [0.3, 0.4) is 0 Å². The van der Waals surface area contributed by atoms with Crippen LogP contribution in [0.4, 0.5) is 5.69 Å². The van der Waals surface area contributed by atoms with Gasteiger partial charge >= 0.3 is 0 Å². The summed E-state index contributed by atoms with van der Waals surface area (Å²) in [6, 6.07) is 19.2. The number of hydrogen-bond donors (Lipinski definition) is 2. The Kier molecular flexibility index (Phi) is 7.66. The Balaban J connectivity index is 2.00. The summed E-state index contributed by atoms with van der Waals surface area (Å²) in [4.78, 5) is 41.5. The van der Waals surface area contributed by atoms with Crippen LogP contribution >= 0.6 is 11.3 Å². The largest absolute Gasteiger partial charge is 0.349 e. The first kappa shape index (κ1) is 24.2. The van der Waals surface area contributed by atoms with Crippen LogP contribution in [0.5, 0.6) is 0 Å². The summed E-state index contributed by atoms with van der Waals surface area (Å²) in [5.41, 5.74) is 1.73. The molecule has 1 aromatic heterocycles. The monoisotopic (exact) mass is 463 g/mol. The Hall–Kier alpha value is -3.45. The summed E-state index contributed by atoms with van der Waals surface area (Å²) in [6.07, 6.45) is 0. The minimum absolute atomic E-state index is 0.239. The number of nitrogens with one attached hydrogen (secondary N) is 2. The molecule has 0 radical (unpaired) electrons. The molecule has 3 aromatic rings. The predicted molar refractivity (Wildman–Crippen MR) is 132 cm³/mol. The lowest BCUT2D eigenvalue weighted by atomic mass is 10.0. The average molecular weight is 464 g/mol. The van der Waals surface area contributed by atoms with Crippen LogP contribution in [-0.2, 0) is 9.59 Å². The second kappa shape index (κ2) is 10.4. The van der Waals surface area contributed by atoms with E-state index in [9.17, 15) is 14.4 Å². The first-order chi connectivity index (χ1) is 15.7. The number of nitrogens with zero attached hydrogens (tertiary/aromatic N) is 1. The van der Waals surface area contributed by atoms with E-state index < -0.39 is 11.6 Å². The van der Waals surface area contributed by atoms with Gasteiger partial charge in [-0.25, -0.2) is 0 Å². The van der Waals surface area contributed by atoms with E-state index in [1.165, 1.54) is 16.2 Å². The highest BCUT2D eigenvalue weighted by atomic mass is 32.1. The van der Waals surface area contributed by atoms with Crippen molar-refractivity contribution in [1.82, 2.24) is 10.6 Å². The Morgan fingerprint density at radius 2 is 1.70 bits per heavy atom. The molecule has 0 unspecified atom stereocenters. The lowest BCUT2D eigenvalue weighted by Crippen LogP contribution is -2.51. The van der Waals surface area contributed by atoms with Crippen LogP contribution < -0.4 is 15.5 Å². The van der Waals surface area contributed by atoms with Gasteiger partial charge < -0.3 is 10.6 Å². The van der Waals surface area contributed by atoms with Crippen LogP contribution in [-0.4, -0.2) is 29.8 Å². The second-order valence-electron chi connectivity index (χ2n) is 8.82. The summed E-state index contributed by atoms with van der Waals surface area (Å²) >= 11 is 1.30. The van der Waals surface area contributed by atoms with Crippen molar-refractivity contribution in [1.29, 1.82) is 0 Å². The fourth-order valence-electron chi connectivity index (χ4n) is 3.44. The van der Waals surface area contributed by atoms with Crippen LogP contribution in [0.2, 0.25) is 0 Å². The number of carbonyl (C=O) groups is 3. The van der Waals surface area contributed by atoms with E-state index in [-0.39, 0.29) is 24.3 Å². The maximum absolute atomic E-state index is 13.5. The molecular weight excluding hydrogens is 434 g/mol. The van der Waals surface area contributed by atoms with E-state index in [0.29, 0.717) is 16.1 Å². The van der Waals surface area contributed by atoms with E-state index in [4.69, 9.17) is 0 Å². The number of thiophene rings is 1. The minimum Gasteiger partial charge on any atom is -0.349 e. The molecule has 7 heteroatoms.